The number of H-pyrrole nitrogens is 1. The van der Waals surface area contributed by atoms with Gasteiger partial charge in [0.2, 0.25) is 5.69 Å². The number of benzene rings is 2. The maximum Gasteiger partial charge on any atom is 0.427 e. The highest BCUT2D eigenvalue weighted by atomic mass is 35.5. The van der Waals surface area contributed by atoms with E-state index in [0.29, 0.717) is 21.8 Å². The van der Waals surface area contributed by atoms with Crippen molar-refractivity contribution in [3.05, 3.63) is 81.3 Å². The lowest BCUT2D eigenvalue weighted by Gasteiger charge is -2.02. The maximum absolute atomic E-state index is 12.6. The molecule has 0 aliphatic rings. The SMILES string of the molecule is O=C(c1ccc(Cl)cc1)c1ccccc1-[n+]1cc(=O)o[nH]1. The molecule has 0 bridgehead atoms. The van der Waals surface area contributed by atoms with Gasteiger partial charge in [0.25, 0.3) is 6.20 Å². The highest BCUT2D eigenvalue weighted by molar-refractivity contribution is 6.30. The smallest absolute Gasteiger partial charge is 0.288 e. The van der Waals surface area contributed by atoms with E-state index in [0.717, 1.165) is 0 Å². The molecule has 0 aliphatic heterocycles. The number of halogens is 1. The predicted octanol–water partition coefficient (Wildman–Crippen LogP) is 2.13. The Morgan fingerprint density at radius 2 is 1.81 bits per heavy atom. The molecule has 2 aromatic carbocycles. The van der Waals surface area contributed by atoms with E-state index < -0.39 is 5.63 Å². The van der Waals surface area contributed by atoms with E-state index in [4.69, 9.17) is 11.6 Å². The number of aromatic nitrogens is 2. The molecule has 21 heavy (non-hydrogen) atoms. The monoisotopic (exact) mass is 301 g/mol. The largest absolute Gasteiger partial charge is 0.427 e. The lowest BCUT2D eigenvalue weighted by molar-refractivity contribution is -0.670. The number of carbonyl (C=O) groups excluding carboxylic acids is 1. The summed E-state index contributed by atoms with van der Waals surface area (Å²) in [6.07, 6.45) is 1.23. The Bertz CT molecular complexity index is 850. The van der Waals surface area contributed by atoms with Crippen LogP contribution in [0.4, 0.5) is 0 Å². The van der Waals surface area contributed by atoms with Crippen LogP contribution in [0.15, 0.2) is 64.0 Å². The Morgan fingerprint density at radius 3 is 2.48 bits per heavy atom. The quantitative estimate of drug-likeness (QED) is 0.595. The average Bonchev–Trinajstić information content (AvgIpc) is 2.94. The number of rotatable bonds is 3. The Morgan fingerprint density at radius 1 is 1.10 bits per heavy atom. The molecular formula is C15H10ClN2O3+. The van der Waals surface area contributed by atoms with Gasteiger partial charge in [0.05, 0.1) is 5.56 Å². The summed E-state index contributed by atoms with van der Waals surface area (Å²) in [5.74, 6) is -0.170. The Kier molecular flexibility index (Phi) is 3.41. The van der Waals surface area contributed by atoms with Crippen LogP contribution in [0.1, 0.15) is 15.9 Å². The molecule has 0 saturated heterocycles. The third-order valence-electron chi connectivity index (χ3n) is 2.99. The second-order valence-corrected chi connectivity index (χ2v) is 4.80. The fourth-order valence-electron chi connectivity index (χ4n) is 2.00. The minimum absolute atomic E-state index is 0.170. The molecular weight excluding hydrogens is 292 g/mol. The standard InChI is InChI=1S/C15H9ClN2O3/c16-11-7-5-10(6-8-11)15(20)12-3-1-2-4-13(12)18-9-14(19)21-17-18/h1-9H/p+1. The van der Waals surface area contributed by atoms with Crippen molar-refractivity contribution in [2.45, 2.75) is 0 Å². The van der Waals surface area contributed by atoms with Crippen LogP contribution in [0.2, 0.25) is 5.02 Å². The number of carbonyl (C=O) groups is 1. The number of ketones is 1. The van der Waals surface area contributed by atoms with Crippen molar-refractivity contribution < 1.29 is 14.0 Å². The summed E-state index contributed by atoms with van der Waals surface area (Å²) in [5.41, 5.74) is 0.965. The normalized spacial score (nSPS) is 10.5. The fraction of sp³-hybridized carbons (Fsp3) is 0. The molecule has 0 spiro atoms. The van der Waals surface area contributed by atoms with Crippen molar-refractivity contribution in [3.8, 4) is 5.69 Å². The van der Waals surface area contributed by atoms with Gasteiger partial charge >= 0.3 is 5.63 Å². The molecule has 6 heteroatoms. The van der Waals surface area contributed by atoms with E-state index in [1.807, 2.05) is 0 Å². The van der Waals surface area contributed by atoms with Crippen molar-refractivity contribution in [1.82, 2.24) is 5.27 Å². The fourth-order valence-corrected chi connectivity index (χ4v) is 2.13. The first-order chi connectivity index (χ1) is 10.1. The van der Waals surface area contributed by atoms with E-state index in [-0.39, 0.29) is 5.78 Å². The van der Waals surface area contributed by atoms with Crippen LogP contribution in [0.25, 0.3) is 5.69 Å². The molecule has 104 valence electrons. The van der Waals surface area contributed by atoms with Crippen LogP contribution < -0.4 is 10.3 Å². The maximum atomic E-state index is 12.6. The van der Waals surface area contributed by atoms with Crippen LogP contribution in [0.3, 0.4) is 0 Å². The van der Waals surface area contributed by atoms with Crippen molar-refractivity contribution >= 4 is 17.4 Å². The van der Waals surface area contributed by atoms with Gasteiger partial charge in [0.15, 0.2) is 5.78 Å². The summed E-state index contributed by atoms with van der Waals surface area (Å²) in [5, 5.41) is 3.00. The van der Waals surface area contributed by atoms with Crippen LogP contribution >= 0.6 is 11.6 Å². The Labute approximate surface area is 124 Å². The summed E-state index contributed by atoms with van der Waals surface area (Å²) in [4.78, 5) is 23.7. The number of hydrogen-bond donors (Lipinski definition) is 1. The summed E-state index contributed by atoms with van der Waals surface area (Å²) < 4.78 is 6.00. The zero-order chi connectivity index (χ0) is 14.8. The van der Waals surface area contributed by atoms with Crippen molar-refractivity contribution in [2.75, 3.05) is 0 Å². The Hall–Kier alpha value is -2.66. The van der Waals surface area contributed by atoms with Gasteiger partial charge in [0.1, 0.15) is 0 Å². The molecule has 0 saturated carbocycles. The van der Waals surface area contributed by atoms with Gasteiger partial charge in [-0.05, 0) is 40.3 Å². The summed E-state index contributed by atoms with van der Waals surface area (Å²) in [7, 11) is 0. The van der Waals surface area contributed by atoms with Gasteiger partial charge in [-0.1, -0.05) is 23.7 Å². The highest BCUT2D eigenvalue weighted by Gasteiger charge is 2.21. The highest BCUT2D eigenvalue weighted by Crippen LogP contribution is 2.16. The molecule has 0 radical (unpaired) electrons. The van der Waals surface area contributed by atoms with Crippen molar-refractivity contribution in [1.29, 1.82) is 0 Å². The summed E-state index contributed by atoms with van der Waals surface area (Å²) in [6.45, 7) is 0. The summed E-state index contributed by atoms with van der Waals surface area (Å²) >= 11 is 5.82. The van der Waals surface area contributed by atoms with Gasteiger partial charge in [-0.25, -0.2) is 4.79 Å². The second-order valence-electron chi connectivity index (χ2n) is 4.36. The van der Waals surface area contributed by atoms with Crippen molar-refractivity contribution in [2.24, 2.45) is 0 Å². The lowest BCUT2D eigenvalue weighted by Crippen LogP contribution is -2.34. The zero-order valence-electron chi connectivity index (χ0n) is 10.7. The number of aromatic amines is 1. The number of nitrogens with zero attached hydrogens (tertiary/aromatic N) is 1. The van der Waals surface area contributed by atoms with E-state index in [2.05, 4.69) is 9.79 Å². The van der Waals surface area contributed by atoms with E-state index >= 15 is 0 Å². The average molecular weight is 302 g/mol. The van der Waals surface area contributed by atoms with Crippen molar-refractivity contribution in [3.63, 3.8) is 0 Å². The first kappa shape index (κ1) is 13.3. The molecule has 0 atom stereocenters. The Balaban J connectivity index is 2.08. The van der Waals surface area contributed by atoms with Crippen LogP contribution in [0, 0.1) is 0 Å². The minimum Gasteiger partial charge on any atom is -0.288 e. The van der Waals surface area contributed by atoms with E-state index in [1.165, 1.54) is 10.9 Å². The zero-order valence-corrected chi connectivity index (χ0v) is 11.5. The van der Waals surface area contributed by atoms with Gasteiger partial charge in [-0.2, -0.15) is 0 Å². The molecule has 0 amide bonds. The molecule has 1 aromatic heterocycles. The number of para-hydroxylation sites is 1. The third kappa shape index (κ3) is 2.64. The number of hydrogen-bond acceptors (Lipinski definition) is 3. The van der Waals surface area contributed by atoms with E-state index in [9.17, 15) is 9.59 Å². The molecule has 3 aromatic rings. The number of nitrogens with one attached hydrogen (secondary N) is 1. The predicted molar refractivity (Wildman–Crippen MR) is 75.7 cm³/mol. The van der Waals surface area contributed by atoms with Gasteiger partial charge in [0, 0.05) is 16.7 Å². The van der Waals surface area contributed by atoms with Crippen LogP contribution in [0.5, 0.6) is 0 Å². The minimum atomic E-state index is -0.524. The van der Waals surface area contributed by atoms with Crippen LogP contribution in [-0.4, -0.2) is 11.1 Å². The molecule has 5 nitrogen and oxygen atoms in total. The topological polar surface area (TPSA) is 66.9 Å². The molecule has 0 fully saturated rings. The third-order valence-corrected chi connectivity index (χ3v) is 3.25. The molecule has 0 aliphatic carbocycles. The van der Waals surface area contributed by atoms with Gasteiger partial charge in [-0.3, -0.25) is 9.32 Å². The first-order valence-corrected chi connectivity index (χ1v) is 6.53. The molecule has 1 heterocycles. The summed E-state index contributed by atoms with van der Waals surface area (Å²) in [6, 6.07) is 13.6. The van der Waals surface area contributed by atoms with Gasteiger partial charge in [-0.15, -0.1) is 0 Å². The molecule has 0 unspecified atom stereocenters. The lowest BCUT2D eigenvalue weighted by atomic mass is 10.0. The first-order valence-electron chi connectivity index (χ1n) is 6.15. The van der Waals surface area contributed by atoms with E-state index in [1.54, 1.807) is 48.5 Å². The van der Waals surface area contributed by atoms with Gasteiger partial charge < -0.3 is 0 Å². The van der Waals surface area contributed by atoms with Crippen LogP contribution in [-0.2, 0) is 0 Å². The molecule has 3 rings (SSSR count). The second kappa shape index (κ2) is 5.38. The molecule has 1 N–H and O–H groups in total.